The van der Waals surface area contributed by atoms with Crippen LogP contribution < -0.4 is 4.90 Å². The molecule has 0 bridgehead atoms. The zero-order chi connectivity index (χ0) is 14.5. The van der Waals surface area contributed by atoms with Crippen molar-refractivity contribution in [3.05, 3.63) is 65.2 Å². The predicted molar refractivity (Wildman–Crippen MR) is 84.3 cm³/mol. The molecule has 104 valence electrons. The Morgan fingerprint density at radius 2 is 1.70 bits per heavy atom. The number of aryl methyl sites for hydroxylation is 2. The minimum absolute atomic E-state index is 0.0671. The Kier molecular flexibility index (Phi) is 4.57. The van der Waals surface area contributed by atoms with Crippen LogP contribution >= 0.6 is 0 Å². The molecule has 0 N–H and O–H groups in total. The molecule has 2 aromatic carbocycles. The zero-order valence-electron chi connectivity index (χ0n) is 12.4. The second-order valence-corrected chi connectivity index (χ2v) is 5.16. The highest BCUT2D eigenvalue weighted by atomic mass is 16.2. The Hall–Kier alpha value is -2.09. The van der Waals surface area contributed by atoms with Gasteiger partial charge in [0, 0.05) is 17.8 Å². The number of hydrogen-bond acceptors (Lipinski definition) is 1. The van der Waals surface area contributed by atoms with Gasteiger partial charge in [-0.15, -0.1) is 0 Å². The van der Waals surface area contributed by atoms with E-state index >= 15 is 0 Å². The number of benzene rings is 2. The minimum atomic E-state index is 0.0671. The highest BCUT2D eigenvalue weighted by molar-refractivity contribution is 6.06. The van der Waals surface area contributed by atoms with E-state index < -0.39 is 0 Å². The molecule has 1 amide bonds. The molecule has 0 heterocycles. The Balaban J connectivity index is 2.33. The molecule has 0 aromatic heterocycles. The van der Waals surface area contributed by atoms with E-state index in [1.807, 2.05) is 61.2 Å². The largest absolute Gasteiger partial charge is 0.308 e. The van der Waals surface area contributed by atoms with Crippen LogP contribution in [0.4, 0.5) is 5.69 Å². The summed E-state index contributed by atoms with van der Waals surface area (Å²) in [4.78, 5) is 14.5. The number of rotatable bonds is 4. The molecule has 0 fully saturated rings. The molecule has 0 radical (unpaired) electrons. The van der Waals surface area contributed by atoms with Gasteiger partial charge in [0.2, 0.25) is 0 Å². The smallest absolute Gasteiger partial charge is 0.258 e. The summed E-state index contributed by atoms with van der Waals surface area (Å²) in [5.74, 6) is 0.0671. The van der Waals surface area contributed by atoms with Gasteiger partial charge in [-0.05, 0) is 50.1 Å². The fourth-order valence-corrected chi connectivity index (χ4v) is 2.22. The fourth-order valence-electron chi connectivity index (χ4n) is 2.22. The van der Waals surface area contributed by atoms with E-state index in [0.717, 1.165) is 24.2 Å². The molecule has 20 heavy (non-hydrogen) atoms. The average Bonchev–Trinajstić information content (AvgIpc) is 2.45. The van der Waals surface area contributed by atoms with Crippen molar-refractivity contribution < 1.29 is 4.79 Å². The topological polar surface area (TPSA) is 20.3 Å². The molecule has 0 unspecified atom stereocenters. The van der Waals surface area contributed by atoms with Crippen molar-refractivity contribution >= 4 is 11.6 Å². The molecule has 0 atom stereocenters. The normalized spacial score (nSPS) is 10.3. The van der Waals surface area contributed by atoms with Crippen LogP contribution in [0.3, 0.4) is 0 Å². The zero-order valence-corrected chi connectivity index (χ0v) is 12.4. The van der Waals surface area contributed by atoms with E-state index in [2.05, 4.69) is 13.0 Å². The summed E-state index contributed by atoms with van der Waals surface area (Å²) in [6, 6.07) is 15.9. The Bertz CT molecular complexity index is 587. The van der Waals surface area contributed by atoms with Crippen LogP contribution in [0.25, 0.3) is 0 Å². The highest BCUT2D eigenvalue weighted by Gasteiger charge is 2.16. The molecule has 0 aliphatic rings. The maximum absolute atomic E-state index is 12.7. The van der Waals surface area contributed by atoms with Gasteiger partial charge in [-0.1, -0.05) is 36.8 Å². The molecule has 2 rings (SSSR count). The minimum Gasteiger partial charge on any atom is -0.308 e. The van der Waals surface area contributed by atoms with Gasteiger partial charge in [0.25, 0.3) is 5.91 Å². The third kappa shape index (κ3) is 3.27. The molecular formula is C18H21NO. The Morgan fingerprint density at radius 3 is 2.30 bits per heavy atom. The van der Waals surface area contributed by atoms with E-state index in [4.69, 9.17) is 0 Å². The summed E-state index contributed by atoms with van der Waals surface area (Å²) < 4.78 is 0. The van der Waals surface area contributed by atoms with Gasteiger partial charge in [0.15, 0.2) is 0 Å². The van der Waals surface area contributed by atoms with Crippen molar-refractivity contribution in [2.75, 3.05) is 11.4 Å². The second kappa shape index (κ2) is 6.38. The Morgan fingerprint density at radius 1 is 1.00 bits per heavy atom. The summed E-state index contributed by atoms with van der Waals surface area (Å²) in [6.45, 7) is 6.89. The number of anilines is 1. The number of carbonyl (C=O) groups excluding carboxylic acids is 1. The van der Waals surface area contributed by atoms with Crippen LogP contribution in [-0.2, 0) is 0 Å². The third-order valence-corrected chi connectivity index (χ3v) is 3.30. The average molecular weight is 267 g/mol. The first kappa shape index (κ1) is 14.3. The lowest BCUT2D eigenvalue weighted by Gasteiger charge is -2.23. The maximum atomic E-state index is 12.7. The van der Waals surface area contributed by atoms with Gasteiger partial charge in [-0.3, -0.25) is 4.79 Å². The van der Waals surface area contributed by atoms with Crippen molar-refractivity contribution in [3.63, 3.8) is 0 Å². The molecule has 2 aromatic rings. The number of nitrogens with zero attached hydrogens (tertiary/aromatic N) is 1. The Labute approximate surface area is 121 Å². The lowest BCUT2D eigenvalue weighted by Crippen LogP contribution is -2.31. The van der Waals surface area contributed by atoms with Crippen LogP contribution in [0, 0.1) is 13.8 Å². The molecule has 0 saturated carbocycles. The SMILES string of the molecule is CCCN(C(=O)c1ccc(C)cc1)c1cccc(C)c1. The van der Waals surface area contributed by atoms with Crippen molar-refractivity contribution in [2.24, 2.45) is 0 Å². The first-order chi connectivity index (χ1) is 9.61. The summed E-state index contributed by atoms with van der Waals surface area (Å²) in [5, 5.41) is 0. The van der Waals surface area contributed by atoms with Gasteiger partial charge in [-0.2, -0.15) is 0 Å². The van der Waals surface area contributed by atoms with E-state index in [9.17, 15) is 4.79 Å². The van der Waals surface area contributed by atoms with Crippen LogP contribution in [0.2, 0.25) is 0 Å². The summed E-state index contributed by atoms with van der Waals surface area (Å²) >= 11 is 0. The van der Waals surface area contributed by atoms with Gasteiger partial charge < -0.3 is 4.90 Å². The molecule has 0 aliphatic heterocycles. The fraction of sp³-hybridized carbons (Fsp3) is 0.278. The molecule has 0 saturated heterocycles. The molecular weight excluding hydrogens is 246 g/mol. The van der Waals surface area contributed by atoms with Crippen LogP contribution in [0.15, 0.2) is 48.5 Å². The van der Waals surface area contributed by atoms with Crippen LogP contribution in [-0.4, -0.2) is 12.5 Å². The quantitative estimate of drug-likeness (QED) is 0.806. The summed E-state index contributed by atoms with van der Waals surface area (Å²) in [6.07, 6.45) is 0.936. The molecule has 2 nitrogen and oxygen atoms in total. The second-order valence-electron chi connectivity index (χ2n) is 5.16. The maximum Gasteiger partial charge on any atom is 0.258 e. The monoisotopic (exact) mass is 267 g/mol. The first-order valence-electron chi connectivity index (χ1n) is 7.07. The van der Waals surface area contributed by atoms with E-state index in [-0.39, 0.29) is 5.91 Å². The number of hydrogen-bond donors (Lipinski definition) is 0. The van der Waals surface area contributed by atoms with Crippen molar-refractivity contribution in [1.82, 2.24) is 0 Å². The molecule has 2 heteroatoms. The van der Waals surface area contributed by atoms with Crippen molar-refractivity contribution in [2.45, 2.75) is 27.2 Å². The number of carbonyl (C=O) groups is 1. The first-order valence-corrected chi connectivity index (χ1v) is 7.07. The highest BCUT2D eigenvalue weighted by Crippen LogP contribution is 2.19. The predicted octanol–water partition coefficient (Wildman–Crippen LogP) is 4.36. The van der Waals surface area contributed by atoms with Crippen molar-refractivity contribution in [3.8, 4) is 0 Å². The molecule has 0 aliphatic carbocycles. The van der Waals surface area contributed by atoms with Crippen LogP contribution in [0.5, 0.6) is 0 Å². The van der Waals surface area contributed by atoms with Gasteiger partial charge in [0.1, 0.15) is 0 Å². The summed E-state index contributed by atoms with van der Waals surface area (Å²) in [7, 11) is 0. The van der Waals surface area contributed by atoms with Gasteiger partial charge >= 0.3 is 0 Å². The van der Waals surface area contributed by atoms with E-state index in [1.165, 1.54) is 11.1 Å². The van der Waals surface area contributed by atoms with Gasteiger partial charge in [-0.25, -0.2) is 0 Å². The van der Waals surface area contributed by atoms with Crippen molar-refractivity contribution in [1.29, 1.82) is 0 Å². The van der Waals surface area contributed by atoms with Gasteiger partial charge in [0.05, 0.1) is 0 Å². The third-order valence-electron chi connectivity index (χ3n) is 3.30. The lowest BCUT2D eigenvalue weighted by atomic mass is 10.1. The lowest BCUT2D eigenvalue weighted by molar-refractivity contribution is 0.0987. The van der Waals surface area contributed by atoms with Crippen LogP contribution in [0.1, 0.15) is 34.8 Å². The van der Waals surface area contributed by atoms with E-state index in [1.54, 1.807) is 0 Å². The number of amides is 1. The molecule has 0 spiro atoms. The standard InChI is InChI=1S/C18H21NO/c1-4-12-19(17-7-5-6-15(3)13-17)18(20)16-10-8-14(2)9-11-16/h5-11,13H,4,12H2,1-3H3. The summed E-state index contributed by atoms with van der Waals surface area (Å²) in [5.41, 5.74) is 4.04. The van der Waals surface area contributed by atoms with E-state index in [0.29, 0.717) is 0 Å².